The van der Waals surface area contributed by atoms with E-state index in [1.165, 1.54) is 6.92 Å². The molecule has 0 aliphatic rings. The third-order valence-corrected chi connectivity index (χ3v) is 0.884. The highest BCUT2D eigenvalue weighted by Crippen LogP contribution is 1.87. The normalized spacial score (nSPS) is 7.59. The summed E-state index contributed by atoms with van der Waals surface area (Å²) in [5.41, 5.74) is 0.176. The van der Waals surface area contributed by atoms with Gasteiger partial charge in [-0.3, -0.25) is 0 Å². The van der Waals surface area contributed by atoms with Gasteiger partial charge in [0.15, 0.2) is 0 Å². The quantitative estimate of drug-likeness (QED) is 0.469. The molecule has 0 bridgehead atoms. The number of carboxylic acids is 1. The zero-order valence-electron chi connectivity index (χ0n) is 11.0. The summed E-state index contributed by atoms with van der Waals surface area (Å²) in [7, 11) is 0. The Balaban J connectivity index is -0.000000193. The average molecular weight is 242 g/mol. The van der Waals surface area contributed by atoms with Gasteiger partial charge in [-0.05, 0) is 27.7 Å². The van der Waals surface area contributed by atoms with Crippen LogP contribution >= 0.6 is 0 Å². The summed E-state index contributed by atoms with van der Waals surface area (Å²) in [6, 6.07) is 0. The van der Waals surface area contributed by atoms with Crippen molar-refractivity contribution in [2.24, 2.45) is 0 Å². The molecule has 0 unspecified atom stereocenters. The molecule has 4 heteroatoms. The molecule has 0 amide bonds. The highest BCUT2D eigenvalue weighted by atomic mass is 16.5. The van der Waals surface area contributed by atoms with Crippen molar-refractivity contribution in [1.29, 1.82) is 0 Å². The van der Waals surface area contributed by atoms with Crippen LogP contribution in [0.25, 0.3) is 0 Å². The SMILES string of the molecule is C=C(C)C(=O)O.C=CC.C=CC(=O)OC(C)C. The topological polar surface area (TPSA) is 63.6 Å². The number of esters is 1. The largest absolute Gasteiger partial charge is 0.478 e. The van der Waals surface area contributed by atoms with Crippen molar-refractivity contribution in [2.45, 2.75) is 33.8 Å². The van der Waals surface area contributed by atoms with Gasteiger partial charge in [0.2, 0.25) is 0 Å². The number of hydrogen-bond donors (Lipinski definition) is 1. The van der Waals surface area contributed by atoms with Crippen molar-refractivity contribution in [2.75, 3.05) is 0 Å². The molecule has 0 aromatic carbocycles. The first-order valence-electron chi connectivity index (χ1n) is 5.01. The summed E-state index contributed by atoms with van der Waals surface area (Å²) < 4.78 is 4.64. The van der Waals surface area contributed by atoms with Crippen LogP contribution in [0.4, 0.5) is 0 Å². The van der Waals surface area contributed by atoms with Crippen LogP contribution in [0.15, 0.2) is 37.5 Å². The molecule has 1 N–H and O–H groups in total. The number of aliphatic carboxylic acids is 1. The van der Waals surface area contributed by atoms with E-state index in [4.69, 9.17) is 5.11 Å². The van der Waals surface area contributed by atoms with Crippen molar-refractivity contribution < 1.29 is 19.4 Å². The maximum Gasteiger partial charge on any atom is 0.330 e. The van der Waals surface area contributed by atoms with Crippen LogP contribution in [0.5, 0.6) is 0 Å². The van der Waals surface area contributed by atoms with Gasteiger partial charge in [0, 0.05) is 11.6 Å². The summed E-state index contributed by atoms with van der Waals surface area (Å²) in [4.78, 5) is 19.9. The van der Waals surface area contributed by atoms with Gasteiger partial charge in [0.1, 0.15) is 0 Å². The smallest absolute Gasteiger partial charge is 0.330 e. The first kappa shape index (κ1) is 20.6. The van der Waals surface area contributed by atoms with Crippen molar-refractivity contribution in [3.05, 3.63) is 37.5 Å². The van der Waals surface area contributed by atoms with Crippen LogP contribution in [0.2, 0.25) is 0 Å². The lowest BCUT2D eigenvalue weighted by Crippen LogP contribution is -2.07. The number of carboxylic acid groups (broad SMARTS) is 1. The van der Waals surface area contributed by atoms with Crippen molar-refractivity contribution in [3.8, 4) is 0 Å². The molecule has 0 aliphatic heterocycles. The third kappa shape index (κ3) is 31.4. The Morgan fingerprint density at radius 1 is 1.29 bits per heavy atom. The van der Waals surface area contributed by atoms with E-state index in [2.05, 4.69) is 24.5 Å². The van der Waals surface area contributed by atoms with Crippen LogP contribution in [-0.2, 0) is 14.3 Å². The Kier molecular flexibility index (Phi) is 17.1. The lowest BCUT2D eigenvalue weighted by Gasteiger charge is -2.02. The van der Waals surface area contributed by atoms with E-state index in [0.717, 1.165) is 6.08 Å². The zero-order chi connectivity index (χ0) is 14.4. The molecule has 17 heavy (non-hydrogen) atoms. The van der Waals surface area contributed by atoms with E-state index in [9.17, 15) is 9.59 Å². The Labute approximate surface area is 103 Å². The minimum atomic E-state index is -0.935. The number of rotatable bonds is 3. The number of carbonyl (C=O) groups excluding carboxylic acids is 1. The maximum absolute atomic E-state index is 10.3. The number of hydrogen-bond acceptors (Lipinski definition) is 3. The molecule has 98 valence electrons. The molecular weight excluding hydrogens is 220 g/mol. The number of carbonyl (C=O) groups is 2. The Morgan fingerprint density at radius 3 is 1.65 bits per heavy atom. The van der Waals surface area contributed by atoms with Gasteiger partial charge < -0.3 is 9.84 Å². The van der Waals surface area contributed by atoms with E-state index in [0.29, 0.717) is 0 Å². The van der Waals surface area contributed by atoms with E-state index in [1.807, 2.05) is 6.92 Å². The second kappa shape index (κ2) is 14.2. The van der Waals surface area contributed by atoms with Gasteiger partial charge in [-0.2, -0.15) is 0 Å². The highest BCUT2D eigenvalue weighted by molar-refractivity contribution is 5.84. The fraction of sp³-hybridized carbons (Fsp3) is 0.385. The molecule has 0 aromatic rings. The van der Waals surface area contributed by atoms with Crippen LogP contribution < -0.4 is 0 Å². The van der Waals surface area contributed by atoms with E-state index < -0.39 is 5.97 Å². The minimum Gasteiger partial charge on any atom is -0.478 e. The molecule has 4 nitrogen and oxygen atoms in total. The molecule has 0 rings (SSSR count). The molecule has 0 atom stereocenters. The van der Waals surface area contributed by atoms with Gasteiger partial charge in [-0.1, -0.05) is 19.2 Å². The predicted molar refractivity (Wildman–Crippen MR) is 69.7 cm³/mol. The Hall–Kier alpha value is -1.84. The molecule has 0 aromatic heterocycles. The van der Waals surface area contributed by atoms with Crippen molar-refractivity contribution >= 4 is 11.9 Å². The fourth-order valence-corrected chi connectivity index (χ4v) is 0.280. The third-order valence-electron chi connectivity index (χ3n) is 0.884. The minimum absolute atomic E-state index is 0.0412. The van der Waals surface area contributed by atoms with Gasteiger partial charge in [0.05, 0.1) is 6.10 Å². The monoisotopic (exact) mass is 242 g/mol. The van der Waals surface area contributed by atoms with Crippen LogP contribution in [0.3, 0.4) is 0 Å². The first-order valence-corrected chi connectivity index (χ1v) is 5.01. The molecular formula is C13H22O4. The number of allylic oxidation sites excluding steroid dienone is 1. The summed E-state index contributed by atoms with van der Waals surface area (Å²) in [6.45, 7) is 16.7. The number of ether oxygens (including phenoxy) is 1. The average Bonchev–Trinajstić information content (AvgIpc) is 2.18. The molecule has 0 saturated carbocycles. The van der Waals surface area contributed by atoms with E-state index in [-0.39, 0.29) is 17.6 Å². The first-order chi connectivity index (χ1) is 7.72. The molecule has 0 radical (unpaired) electrons. The predicted octanol–water partition coefficient (Wildman–Crippen LogP) is 2.96. The summed E-state index contributed by atoms with van der Waals surface area (Å²) >= 11 is 0. The second-order valence-electron chi connectivity index (χ2n) is 3.18. The Morgan fingerprint density at radius 2 is 1.59 bits per heavy atom. The molecule has 0 saturated heterocycles. The highest BCUT2D eigenvalue weighted by Gasteiger charge is 1.96. The summed E-state index contributed by atoms with van der Waals surface area (Å²) in [5, 5.41) is 7.89. The summed E-state index contributed by atoms with van der Waals surface area (Å²) in [6.07, 6.45) is 2.86. The second-order valence-corrected chi connectivity index (χ2v) is 3.18. The molecule has 0 spiro atoms. The van der Waals surface area contributed by atoms with E-state index in [1.54, 1.807) is 19.9 Å². The standard InChI is InChI=1S/C6H10O2.C4H6O2.C3H6/c1-4-6(7)8-5(2)3;1-3(2)4(5)6;1-3-2/h4-5H,1H2,2-3H3;1H2,2H3,(H,5,6);3H,1H2,2H3. The molecule has 0 heterocycles. The fourth-order valence-electron chi connectivity index (χ4n) is 0.280. The van der Waals surface area contributed by atoms with Crippen LogP contribution in [-0.4, -0.2) is 23.1 Å². The van der Waals surface area contributed by atoms with Gasteiger partial charge in [-0.25, -0.2) is 9.59 Å². The van der Waals surface area contributed by atoms with Crippen LogP contribution in [0, 0.1) is 0 Å². The lowest BCUT2D eigenvalue weighted by atomic mass is 10.4. The maximum atomic E-state index is 10.3. The summed E-state index contributed by atoms with van der Waals surface area (Å²) in [5.74, 6) is -1.30. The Bertz CT molecular complexity index is 253. The van der Waals surface area contributed by atoms with Gasteiger partial charge >= 0.3 is 11.9 Å². The molecule has 0 fully saturated rings. The molecule has 0 aliphatic carbocycles. The van der Waals surface area contributed by atoms with Gasteiger partial charge in [-0.15, -0.1) is 6.58 Å². The van der Waals surface area contributed by atoms with Crippen molar-refractivity contribution in [3.63, 3.8) is 0 Å². The van der Waals surface area contributed by atoms with Crippen LogP contribution in [0.1, 0.15) is 27.7 Å². The van der Waals surface area contributed by atoms with Gasteiger partial charge in [0.25, 0.3) is 0 Å². The lowest BCUT2D eigenvalue weighted by molar-refractivity contribution is -0.141. The van der Waals surface area contributed by atoms with E-state index >= 15 is 0 Å². The zero-order valence-corrected chi connectivity index (χ0v) is 11.0. The van der Waals surface area contributed by atoms with Crippen molar-refractivity contribution in [1.82, 2.24) is 0 Å².